The van der Waals surface area contributed by atoms with Crippen LogP contribution in [0.15, 0.2) is 42.6 Å². The molecule has 1 fully saturated rings. The lowest BCUT2D eigenvalue weighted by molar-refractivity contribution is 0.103. The van der Waals surface area contributed by atoms with E-state index in [0.717, 1.165) is 40.3 Å². The fraction of sp³-hybridized carbons (Fsp3) is 0.400. The molecule has 0 N–H and O–H groups in total. The number of thiophene rings is 1. The Balaban J connectivity index is 1.41. The molecular formula is C25H28ClN3O3S. The summed E-state index contributed by atoms with van der Waals surface area (Å²) in [6.45, 7) is 2.50. The first-order valence-corrected chi connectivity index (χ1v) is 12.4. The molecule has 2 heterocycles. The van der Waals surface area contributed by atoms with Crippen LogP contribution in [0.2, 0.25) is 4.34 Å². The van der Waals surface area contributed by atoms with E-state index in [0.29, 0.717) is 16.7 Å². The van der Waals surface area contributed by atoms with Gasteiger partial charge in [0.15, 0.2) is 11.6 Å². The third-order valence-corrected chi connectivity index (χ3v) is 6.99. The number of hydrogen-bond donors (Lipinski definition) is 0. The Morgan fingerprint density at radius 2 is 1.97 bits per heavy atom. The van der Waals surface area contributed by atoms with E-state index in [9.17, 15) is 4.79 Å². The Hall–Kier alpha value is -2.64. The van der Waals surface area contributed by atoms with Crippen LogP contribution in [0.1, 0.15) is 48.9 Å². The quantitative estimate of drug-likeness (QED) is 0.375. The standard InChI is InChI=1S/C25H28ClN3O3S/c1-17-21(32-20-11-7-4-8-12-20)14-27-24(28-17)23-19(13-22(26)33-23)16-31-25(30)29(2)15-18-9-5-3-6-10-18/h3,5-6,9-10,13-14,20H,4,7-8,11-12,15-16H2,1-2H3. The minimum Gasteiger partial charge on any atom is -0.487 e. The molecule has 8 heteroatoms. The fourth-order valence-corrected chi connectivity index (χ4v) is 5.10. The van der Waals surface area contributed by atoms with Gasteiger partial charge in [0.1, 0.15) is 6.61 Å². The summed E-state index contributed by atoms with van der Waals surface area (Å²) in [6.07, 6.45) is 7.43. The van der Waals surface area contributed by atoms with Crippen molar-refractivity contribution in [1.82, 2.24) is 14.9 Å². The summed E-state index contributed by atoms with van der Waals surface area (Å²) in [5.41, 5.74) is 2.61. The van der Waals surface area contributed by atoms with Crippen LogP contribution in [0.5, 0.6) is 5.75 Å². The number of benzene rings is 1. The normalized spacial score (nSPS) is 14.2. The number of aromatic nitrogens is 2. The van der Waals surface area contributed by atoms with Crippen LogP contribution in [0, 0.1) is 6.92 Å². The molecule has 0 atom stereocenters. The largest absolute Gasteiger partial charge is 0.487 e. The van der Waals surface area contributed by atoms with Crippen molar-refractivity contribution in [1.29, 1.82) is 0 Å². The molecule has 2 aromatic heterocycles. The summed E-state index contributed by atoms with van der Waals surface area (Å²) < 4.78 is 12.3. The lowest BCUT2D eigenvalue weighted by Crippen LogP contribution is -2.26. The number of nitrogens with zero attached hydrogens (tertiary/aromatic N) is 3. The van der Waals surface area contributed by atoms with Gasteiger partial charge in [-0.3, -0.25) is 0 Å². The highest BCUT2D eigenvalue weighted by Gasteiger charge is 2.20. The molecule has 0 unspecified atom stereocenters. The lowest BCUT2D eigenvalue weighted by atomic mass is 9.98. The third-order valence-electron chi connectivity index (χ3n) is 5.69. The number of carbonyl (C=O) groups is 1. The van der Waals surface area contributed by atoms with Crippen molar-refractivity contribution in [3.05, 3.63) is 63.8 Å². The van der Waals surface area contributed by atoms with E-state index in [1.807, 2.05) is 37.3 Å². The average Bonchev–Trinajstić information content (AvgIpc) is 3.20. The van der Waals surface area contributed by atoms with Gasteiger partial charge in [-0.25, -0.2) is 14.8 Å². The summed E-state index contributed by atoms with van der Waals surface area (Å²) in [7, 11) is 1.72. The zero-order valence-corrected chi connectivity index (χ0v) is 20.5. The van der Waals surface area contributed by atoms with Gasteiger partial charge >= 0.3 is 6.09 Å². The smallest absolute Gasteiger partial charge is 0.410 e. The number of halogens is 1. The predicted octanol–water partition coefficient (Wildman–Crippen LogP) is 6.65. The summed E-state index contributed by atoms with van der Waals surface area (Å²) in [6, 6.07) is 11.6. The second-order valence-corrected chi connectivity index (χ2v) is 10.0. The maximum atomic E-state index is 12.5. The molecule has 0 radical (unpaired) electrons. The van der Waals surface area contributed by atoms with Crippen molar-refractivity contribution in [2.24, 2.45) is 0 Å². The molecule has 0 saturated heterocycles. The molecule has 0 bridgehead atoms. The van der Waals surface area contributed by atoms with E-state index in [1.165, 1.54) is 30.6 Å². The fourth-order valence-electron chi connectivity index (χ4n) is 3.91. The van der Waals surface area contributed by atoms with E-state index in [1.54, 1.807) is 24.2 Å². The molecular weight excluding hydrogens is 458 g/mol. The van der Waals surface area contributed by atoms with Gasteiger partial charge in [0.2, 0.25) is 0 Å². The van der Waals surface area contributed by atoms with Gasteiger partial charge in [-0.15, -0.1) is 11.3 Å². The molecule has 0 spiro atoms. The third kappa shape index (κ3) is 6.24. The van der Waals surface area contributed by atoms with Crippen LogP contribution in [-0.2, 0) is 17.9 Å². The van der Waals surface area contributed by atoms with E-state index < -0.39 is 6.09 Å². The molecule has 174 valence electrons. The number of aryl methyl sites for hydroxylation is 1. The van der Waals surface area contributed by atoms with Gasteiger partial charge < -0.3 is 14.4 Å². The van der Waals surface area contributed by atoms with E-state index in [-0.39, 0.29) is 12.7 Å². The average molecular weight is 486 g/mol. The Morgan fingerprint density at radius 3 is 2.70 bits per heavy atom. The Bertz CT molecular complexity index is 1080. The Labute approximate surface area is 203 Å². The van der Waals surface area contributed by atoms with Gasteiger partial charge in [-0.1, -0.05) is 48.4 Å². The van der Waals surface area contributed by atoms with Crippen molar-refractivity contribution in [3.8, 4) is 16.5 Å². The molecule has 1 amide bonds. The first kappa shape index (κ1) is 23.5. The number of amides is 1. The zero-order chi connectivity index (χ0) is 23.2. The topological polar surface area (TPSA) is 64.5 Å². The van der Waals surface area contributed by atoms with Crippen LogP contribution in [-0.4, -0.2) is 34.1 Å². The number of rotatable bonds is 7. The van der Waals surface area contributed by atoms with Crippen molar-refractivity contribution >= 4 is 29.0 Å². The first-order chi connectivity index (χ1) is 16.0. The van der Waals surface area contributed by atoms with Crippen LogP contribution < -0.4 is 4.74 Å². The van der Waals surface area contributed by atoms with Gasteiger partial charge in [0, 0.05) is 19.2 Å². The first-order valence-electron chi connectivity index (χ1n) is 11.2. The highest BCUT2D eigenvalue weighted by molar-refractivity contribution is 7.19. The second kappa shape index (κ2) is 11.0. The Morgan fingerprint density at radius 1 is 1.21 bits per heavy atom. The Kier molecular flexibility index (Phi) is 7.83. The SMILES string of the molecule is Cc1nc(-c2sc(Cl)cc2COC(=O)N(C)Cc2ccccc2)ncc1OC1CCCCC1. The van der Waals surface area contributed by atoms with Crippen molar-refractivity contribution < 1.29 is 14.3 Å². The second-order valence-electron chi connectivity index (χ2n) is 8.32. The minimum absolute atomic E-state index is 0.0965. The zero-order valence-electron chi connectivity index (χ0n) is 18.9. The summed E-state index contributed by atoms with van der Waals surface area (Å²) in [4.78, 5) is 24.0. The van der Waals surface area contributed by atoms with Crippen LogP contribution in [0.3, 0.4) is 0 Å². The van der Waals surface area contributed by atoms with Crippen LogP contribution >= 0.6 is 22.9 Å². The maximum absolute atomic E-state index is 12.5. The highest BCUT2D eigenvalue weighted by Crippen LogP contribution is 2.35. The number of ether oxygens (including phenoxy) is 2. The molecule has 0 aliphatic heterocycles. The van der Waals surface area contributed by atoms with Gasteiger partial charge in [0.05, 0.1) is 27.2 Å². The van der Waals surface area contributed by atoms with Gasteiger partial charge in [0.25, 0.3) is 0 Å². The summed E-state index contributed by atoms with van der Waals surface area (Å²) in [5.74, 6) is 1.29. The summed E-state index contributed by atoms with van der Waals surface area (Å²) in [5, 5.41) is 0. The molecule has 1 saturated carbocycles. The molecule has 1 aromatic carbocycles. The molecule has 1 aliphatic carbocycles. The maximum Gasteiger partial charge on any atom is 0.410 e. The van der Waals surface area contributed by atoms with Gasteiger partial charge in [-0.05, 0) is 44.2 Å². The number of carbonyl (C=O) groups excluding carboxylic acids is 1. The molecule has 4 rings (SSSR count). The summed E-state index contributed by atoms with van der Waals surface area (Å²) >= 11 is 7.66. The molecule has 6 nitrogen and oxygen atoms in total. The van der Waals surface area contributed by atoms with E-state index >= 15 is 0 Å². The van der Waals surface area contributed by atoms with Crippen LogP contribution in [0.4, 0.5) is 4.79 Å². The highest BCUT2D eigenvalue weighted by atomic mass is 35.5. The van der Waals surface area contributed by atoms with Gasteiger partial charge in [-0.2, -0.15) is 0 Å². The molecule has 3 aromatic rings. The van der Waals surface area contributed by atoms with E-state index in [4.69, 9.17) is 21.1 Å². The van der Waals surface area contributed by atoms with E-state index in [2.05, 4.69) is 9.97 Å². The lowest BCUT2D eigenvalue weighted by Gasteiger charge is -2.23. The monoisotopic (exact) mass is 485 g/mol. The number of hydrogen-bond acceptors (Lipinski definition) is 6. The molecule has 1 aliphatic rings. The molecule has 33 heavy (non-hydrogen) atoms. The van der Waals surface area contributed by atoms with Crippen molar-refractivity contribution in [3.63, 3.8) is 0 Å². The van der Waals surface area contributed by atoms with Crippen molar-refractivity contribution in [2.75, 3.05) is 7.05 Å². The van der Waals surface area contributed by atoms with Crippen LogP contribution in [0.25, 0.3) is 10.7 Å². The minimum atomic E-state index is -0.402. The predicted molar refractivity (Wildman–Crippen MR) is 131 cm³/mol. The van der Waals surface area contributed by atoms with Crippen molar-refractivity contribution in [2.45, 2.75) is 58.3 Å².